The summed E-state index contributed by atoms with van der Waals surface area (Å²) in [4.78, 5) is 5.27. The van der Waals surface area contributed by atoms with Crippen molar-refractivity contribution < 1.29 is 4.52 Å². The first-order valence-corrected chi connectivity index (χ1v) is 7.24. The lowest BCUT2D eigenvalue weighted by Gasteiger charge is -1.96. The number of rotatable bonds is 3. The Kier molecular flexibility index (Phi) is 3.35. The fraction of sp³-hybridized carbons (Fsp3) is 0.0769. The number of nitrogens with two attached hydrogens (primary N) is 1. The van der Waals surface area contributed by atoms with Gasteiger partial charge in [-0.25, -0.2) is 0 Å². The van der Waals surface area contributed by atoms with Gasteiger partial charge in [0.15, 0.2) is 5.82 Å². The van der Waals surface area contributed by atoms with Gasteiger partial charge in [0.05, 0.1) is 9.88 Å². The first-order valence-electron chi connectivity index (χ1n) is 5.63. The van der Waals surface area contributed by atoms with Gasteiger partial charge in [-0.2, -0.15) is 4.98 Å². The van der Waals surface area contributed by atoms with Crippen molar-refractivity contribution in [2.45, 2.75) is 6.42 Å². The molecule has 2 N–H and O–H groups in total. The SMILES string of the molecule is Nc1ccc(-c2nc(Cc3cccc(Br)c3)no2)s1. The predicted molar refractivity (Wildman–Crippen MR) is 79.0 cm³/mol. The van der Waals surface area contributed by atoms with Crippen LogP contribution in [0, 0.1) is 0 Å². The van der Waals surface area contributed by atoms with Crippen molar-refractivity contribution in [2.24, 2.45) is 0 Å². The van der Waals surface area contributed by atoms with E-state index < -0.39 is 0 Å². The number of halogens is 1. The van der Waals surface area contributed by atoms with Crippen molar-refractivity contribution in [1.82, 2.24) is 10.1 Å². The quantitative estimate of drug-likeness (QED) is 0.791. The molecule has 0 radical (unpaired) electrons. The van der Waals surface area contributed by atoms with Gasteiger partial charge in [0.1, 0.15) is 0 Å². The monoisotopic (exact) mass is 335 g/mol. The summed E-state index contributed by atoms with van der Waals surface area (Å²) < 4.78 is 6.29. The Morgan fingerprint density at radius 3 is 2.89 bits per heavy atom. The molecular weight excluding hydrogens is 326 g/mol. The van der Waals surface area contributed by atoms with E-state index in [-0.39, 0.29) is 0 Å². The van der Waals surface area contributed by atoms with Gasteiger partial charge in [0.25, 0.3) is 5.89 Å². The third-order valence-electron chi connectivity index (χ3n) is 2.56. The zero-order chi connectivity index (χ0) is 13.2. The molecule has 0 spiro atoms. The van der Waals surface area contributed by atoms with E-state index in [1.165, 1.54) is 11.3 Å². The standard InChI is InChI=1S/C13H10BrN3OS/c14-9-3-1-2-8(6-9)7-12-16-13(18-17-12)10-4-5-11(15)19-10/h1-6H,7,15H2. The Labute approximate surface area is 122 Å². The minimum atomic E-state index is 0.520. The molecule has 4 nitrogen and oxygen atoms in total. The molecule has 0 saturated heterocycles. The molecule has 0 bridgehead atoms. The molecule has 0 aliphatic carbocycles. The molecule has 96 valence electrons. The molecule has 0 aliphatic rings. The van der Waals surface area contributed by atoms with E-state index >= 15 is 0 Å². The molecule has 3 rings (SSSR count). The molecule has 19 heavy (non-hydrogen) atoms. The zero-order valence-corrected chi connectivity index (χ0v) is 12.2. The first kappa shape index (κ1) is 12.4. The van der Waals surface area contributed by atoms with Crippen molar-refractivity contribution in [3.8, 4) is 10.8 Å². The molecule has 0 fully saturated rings. The van der Waals surface area contributed by atoms with E-state index in [2.05, 4.69) is 26.1 Å². The summed E-state index contributed by atoms with van der Waals surface area (Å²) >= 11 is 4.88. The molecule has 0 saturated carbocycles. The maximum Gasteiger partial charge on any atom is 0.268 e. The molecule has 6 heteroatoms. The second-order valence-corrected chi connectivity index (χ2v) is 6.06. The van der Waals surface area contributed by atoms with E-state index in [0.29, 0.717) is 18.1 Å². The summed E-state index contributed by atoms with van der Waals surface area (Å²) in [5.41, 5.74) is 6.82. The Hall–Kier alpha value is -1.66. The highest BCUT2D eigenvalue weighted by Gasteiger charge is 2.11. The van der Waals surface area contributed by atoms with Crippen LogP contribution in [0.25, 0.3) is 10.8 Å². The molecule has 0 atom stereocenters. The van der Waals surface area contributed by atoms with Gasteiger partial charge >= 0.3 is 0 Å². The maximum atomic E-state index is 5.69. The van der Waals surface area contributed by atoms with E-state index in [1.807, 2.05) is 36.4 Å². The van der Waals surface area contributed by atoms with Crippen LogP contribution in [0.15, 0.2) is 45.4 Å². The minimum absolute atomic E-state index is 0.520. The van der Waals surface area contributed by atoms with Crippen LogP contribution >= 0.6 is 27.3 Å². The van der Waals surface area contributed by atoms with Crippen LogP contribution in [0.2, 0.25) is 0 Å². The third-order valence-corrected chi connectivity index (χ3v) is 3.95. The number of thiophene rings is 1. The summed E-state index contributed by atoms with van der Waals surface area (Å²) in [5.74, 6) is 1.19. The number of anilines is 1. The lowest BCUT2D eigenvalue weighted by atomic mass is 10.1. The zero-order valence-electron chi connectivity index (χ0n) is 9.84. The number of nitrogens with zero attached hydrogens (tertiary/aromatic N) is 2. The highest BCUT2D eigenvalue weighted by Crippen LogP contribution is 2.28. The van der Waals surface area contributed by atoms with Crippen molar-refractivity contribution in [2.75, 3.05) is 5.73 Å². The Balaban J connectivity index is 1.82. The fourth-order valence-corrected chi connectivity index (χ4v) is 2.87. The van der Waals surface area contributed by atoms with Gasteiger partial charge in [-0.3, -0.25) is 0 Å². The van der Waals surface area contributed by atoms with Crippen molar-refractivity contribution in [1.29, 1.82) is 0 Å². The van der Waals surface area contributed by atoms with E-state index in [1.54, 1.807) is 0 Å². The number of benzene rings is 1. The van der Waals surface area contributed by atoms with Crippen molar-refractivity contribution >= 4 is 32.3 Å². The molecule has 3 aromatic rings. The van der Waals surface area contributed by atoms with Crippen molar-refractivity contribution in [3.05, 3.63) is 52.3 Å². The summed E-state index contributed by atoms with van der Waals surface area (Å²) in [6.07, 6.45) is 0.643. The summed E-state index contributed by atoms with van der Waals surface area (Å²) in [6.45, 7) is 0. The van der Waals surface area contributed by atoms with Crippen LogP contribution in [0.4, 0.5) is 5.00 Å². The van der Waals surface area contributed by atoms with E-state index in [0.717, 1.165) is 19.9 Å². The lowest BCUT2D eigenvalue weighted by molar-refractivity contribution is 0.424. The molecule has 2 heterocycles. The van der Waals surface area contributed by atoms with Gasteiger partial charge in [-0.15, -0.1) is 11.3 Å². The number of nitrogen functional groups attached to an aromatic ring is 1. The van der Waals surface area contributed by atoms with E-state index in [9.17, 15) is 0 Å². The van der Waals surface area contributed by atoms with Gasteiger partial charge in [0, 0.05) is 10.9 Å². The highest BCUT2D eigenvalue weighted by atomic mass is 79.9. The highest BCUT2D eigenvalue weighted by molar-refractivity contribution is 9.10. The van der Waals surface area contributed by atoms with Crippen LogP contribution in [-0.4, -0.2) is 10.1 Å². The topological polar surface area (TPSA) is 64.9 Å². The van der Waals surface area contributed by atoms with Crippen LogP contribution in [0.3, 0.4) is 0 Å². The molecular formula is C13H10BrN3OS. The van der Waals surface area contributed by atoms with Crippen LogP contribution < -0.4 is 5.73 Å². The number of aromatic nitrogens is 2. The summed E-state index contributed by atoms with van der Waals surface area (Å²) in [6, 6.07) is 11.8. The number of hydrogen-bond donors (Lipinski definition) is 1. The van der Waals surface area contributed by atoms with Crippen molar-refractivity contribution in [3.63, 3.8) is 0 Å². The molecule has 0 amide bonds. The third kappa shape index (κ3) is 2.85. The van der Waals surface area contributed by atoms with Gasteiger partial charge in [-0.1, -0.05) is 33.2 Å². The minimum Gasteiger partial charge on any atom is -0.391 e. The lowest BCUT2D eigenvalue weighted by Crippen LogP contribution is -1.90. The maximum absolute atomic E-state index is 5.69. The Morgan fingerprint density at radius 1 is 1.26 bits per heavy atom. The van der Waals surface area contributed by atoms with Crippen LogP contribution in [0.1, 0.15) is 11.4 Å². The van der Waals surface area contributed by atoms with Gasteiger partial charge in [0.2, 0.25) is 0 Å². The molecule has 1 aromatic carbocycles. The largest absolute Gasteiger partial charge is 0.391 e. The fourth-order valence-electron chi connectivity index (χ4n) is 1.72. The second kappa shape index (κ2) is 5.14. The Morgan fingerprint density at radius 2 is 2.16 bits per heavy atom. The average molecular weight is 336 g/mol. The molecule has 0 aliphatic heterocycles. The second-order valence-electron chi connectivity index (χ2n) is 4.02. The first-order chi connectivity index (χ1) is 9.20. The Bertz CT molecular complexity index is 707. The average Bonchev–Trinajstić information content (AvgIpc) is 2.98. The smallest absolute Gasteiger partial charge is 0.268 e. The normalized spacial score (nSPS) is 10.8. The van der Waals surface area contributed by atoms with Gasteiger partial charge < -0.3 is 10.3 Å². The van der Waals surface area contributed by atoms with Gasteiger partial charge in [-0.05, 0) is 29.8 Å². The predicted octanol–water partition coefficient (Wildman–Crippen LogP) is 3.73. The summed E-state index contributed by atoms with van der Waals surface area (Å²) in [5, 5.41) is 4.73. The number of hydrogen-bond acceptors (Lipinski definition) is 5. The van der Waals surface area contributed by atoms with Crippen LogP contribution in [0.5, 0.6) is 0 Å². The summed E-state index contributed by atoms with van der Waals surface area (Å²) in [7, 11) is 0. The van der Waals surface area contributed by atoms with E-state index in [4.69, 9.17) is 10.3 Å². The molecule has 2 aromatic heterocycles. The van der Waals surface area contributed by atoms with Crippen LogP contribution in [-0.2, 0) is 6.42 Å². The molecule has 0 unspecified atom stereocenters.